The van der Waals surface area contributed by atoms with Crippen molar-refractivity contribution in [1.82, 2.24) is 4.57 Å². The van der Waals surface area contributed by atoms with Crippen LogP contribution in [0.1, 0.15) is 22.6 Å². The average molecular weight is 428 g/mol. The Bertz CT molecular complexity index is 1210. The number of aromatic nitrogens is 1. The molecule has 0 bridgehead atoms. The van der Waals surface area contributed by atoms with E-state index in [2.05, 4.69) is 0 Å². The summed E-state index contributed by atoms with van der Waals surface area (Å²) in [6.45, 7) is 0. The number of benzene rings is 1. The third-order valence-corrected chi connectivity index (χ3v) is 7.29. The van der Waals surface area contributed by atoms with Crippen LogP contribution in [0.25, 0.3) is 10.9 Å². The Morgan fingerprint density at radius 2 is 1.82 bits per heavy atom. The Kier molecular flexibility index (Phi) is 3.98. The fraction of sp³-hybridized carbons (Fsp3) is 0.143. The van der Waals surface area contributed by atoms with Gasteiger partial charge in [-0.3, -0.25) is 9.59 Å². The van der Waals surface area contributed by atoms with Gasteiger partial charge in [0, 0.05) is 23.5 Å². The van der Waals surface area contributed by atoms with Crippen LogP contribution in [0, 0.1) is 0 Å². The van der Waals surface area contributed by atoms with E-state index < -0.39 is 23.3 Å². The van der Waals surface area contributed by atoms with Crippen LogP contribution in [0.15, 0.2) is 57.9 Å². The molecule has 0 N–H and O–H groups in total. The molecule has 2 unspecified atom stereocenters. The van der Waals surface area contributed by atoms with E-state index in [1.165, 1.54) is 22.7 Å². The molecule has 140 valence electrons. The number of carbonyl (C=O) groups excluding carboxylic acids is 2. The summed E-state index contributed by atoms with van der Waals surface area (Å²) in [5.41, 5.74) is 1.68. The van der Waals surface area contributed by atoms with E-state index in [1.807, 2.05) is 69.5 Å². The number of hydrogen-bond acceptors (Lipinski definition) is 5. The topological polar surface area (TPSA) is 48.3 Å². The highest BCUT2D eigenvalue weighted by Crippen LogP contribution is 2.55. The molecule has 4 heterocycles. The van der Waals surface area contributed by atoms with Gasteiger partial charge in [-0.05, 0) is 50.8 Å². The van der Waals surface area contributed by atoms with Gasteiger partial charge in [-0.1, -0.05) is 29.8 Å². The summed E-state index contributed by atoms with van der Waals surface area (Å²) in [6.07, 6.45) is 0. The lowest BCUT2D eigenvalue weighted by Gasteiger charge is -2.29. The summed E-state index contributed by atoms with van der Waals surface area (Å²) in [5.74, 6) is -1.91. The van der Waals surface area contributed by atoms with Crippen molar-refractivity contribution in [3.05, 3.63) is 79.8 Å². The number of rotatable bonds is 3. The highest BCUT2D eigenvalue weighted by atomic mass is 35.5. The maximum atomic E-state index is 13.4. The van der Waals surface area contributed by atoms with Gasteiger partial charge >= 0.3 is 11.9 Å². The molecule has 1 fully saturated rings. The van der Waals surface area contributed by atoms with Gasteiger partial charge in [-0.25, -0.2) is 0 Å². The molecule has 28 heavy (non-hydrogen) atoms. The summed E-state index contributed by atoms with van der Waals surface area (Å²) < 4.78 is 7.12. The van der Waals surface area contributed by atoms with Crippen molar-refractivity contribution < 1.29 is 14.3 Å². The van der Waals surface area contributed by atoms with E-state index in [0.717, 1.165) is 22.0 Å². The summed E-state index contributed by atoms with van der Waals surface area (Å²) in [6, 6.07) is 11.5. The fourth-order valence-electron chi connectivity index (χ4n) is 4.25. The first-order valence-electron chi connectivity index (χ1n) is 8.61. The van der Waals surface area contributed by atoms with Gasteiger partial charge < -0.3 is 9.30 Å². The van der Waals surface area contributed by atoms with E-state index in [4.69, 9.17) is 16.3 Å². The molecule has 0 amide bonds. The van der Waals surface area contributed by atoms with Gasteiger partial charge in [0.05, 0.1) is 0 Å². The van der Waals surface area contributed by atoms with E-state index in [1.54, 1.807) is 0 Å². The van der Waals surface area contributed by atoms with Crippen LogP contribution < -0.4 is 0 Å². The molecular weight excluding hydrogens is 414 g/mol. The van der Waals surface area contributed by atoms with Crippen molar-refractivity contribution in [3.63, 3.8) is 0 Å². The van der Waals surface area contributed by atoms with Crippen molar-refractivity contribution in [1.29, 1.82) is 0 Å². The molecular formula is C21H14ClNO3S2. The zero-order chi connectivity index (χ0) is 19.5. The second kappa shape index (κ2) is 6.30. The number of nitrogens with zero attached hydrogens (tertiary/aromatic N) is 1. The van der Waals surface area contributed by atoms with Crippen LogP contribution in [0.5, 0.6) is 0 Å². The maximum absolute atomic E-state index is 13.4. The summed E-state index contributed by atoms with van der Waals surface area (Å²) in [7, 11) is 1.86. The van der Waals surface area contributed by atoms with Crippen molar-refractivity contribution in [2.75, 3.05) is 0 Å². The third-order valence-electron chi connectivity index (χ3n) is 5.47. The largest absolute Gasteiger partial charge is 0.392 e. The summed E-state index contributed by atoms with van der Waals surface area (Å²) >= 11 is 9.77. The van der Waals surface area contributed by atoms with Crippen molar-refractivity contribution in [3.8, 4) is 0 Å². The Morgan fingerprint density at radius 1 is 1.07 bits per heavy atom. The van der Waals surface area contributed by atoms with E-state index in [-0.39, 0.29) is 0 Å². The van der Waals surface area contributed by atoms with Gasteiger partial charge in [0.15, 0.2) is 0 Å². The monoisotopic (exact) mass is 427 g/mol. The molecule has 2 atom stereocenters. The first-order chi connectivity index (χ1) is 13.6. The zero-order valence-electron chi connectivity index (χ0n) is 14.7. The minimum atomic E-state index is -1.32. The molecule has 0 aliphatic carbocycles. The molecule has 0 radical (unpaired) electrons. The predicted octanol–water partition coefficient (Wildman–Crippen LogP) is 5.11. The second-order valence-corrected chi connectivity index (χ2v) is 8.68. The minimum absolute atomic E-state index is 0.430. The van der Waals surface area contributed by atoms with Gasteiger partial charge in [-0.2, -0.15) is 22.7 Å². The van der Waals surface area contributed by atoms with Gasteiger partial charge in [0.25, 0.3) is 0 Å². The average Bonchev–Trinajstić information content (AvgIpc) is 3.46. The molecule has 5 rings (SSSR count). The SMILES string of the molecule is Cn1c(Cl)c(C2(c3ccsc3)C(=O)OC(=O)C2c2ccsc2)c2ccccc21. The van der Waals surface area contributed by atoms with Crippen LogP contribution in [-0.2, 0) is 26.8 Å². The lowest BCUT2D eigenvalue weighted by molar-refractivity contribution is -0.153. The number of hydrogen-bond donors (Lipinski definition) is 0. The van der Waals surface area contributed by atoms with Crippen molar-refractivity contribution in [2.24, 2.45) is 7.05 Å². The molecule has 0 saturated carbocycles. The lowest BCUT2D eigenvalue weighted by atomic mass is 9.66. The number of aryl methyl sites for hydroxylation is 1. The van der Waals surface area contributed by atoms with E-state index in [9.17, 15) is 9.59 Å². The number of para-hydroxylation sites is 1. The predicted molar refractivity (Wildman–Crippen MR) is 111 cm³/mol. The lowest BCUT2D eigenvalue weighted by Crippen LogP contribution is -2.38. The van der Waals surface area contributed by atoms with Gasteiger partial charge in [0.1, 0.15) is 16.5 Å². The fourth-order valence-corrected chi connectivity index (χ4v) is 5.99. The Balaban J connectivity index is 1.95. The van der Waals surface area contributed by atoms with E-state index in [0.29, 0.717) is 10.7 Å². The number of fused-ring (bicyclic) bond motifs is 1. The highest BCUT2D eigenvalue weighted by Gasteiger charge is 2.62. The highest BCUT2D eigenvalue weighted by molar-refractivity contribution is 7.08. The van der Waals surface area contributed by atoms with Crippen LogP contribution >= 0.6 is 34.3 Å². The molecule has 1 saturated heterocycles. The molecule has 1 aromatic carbocycles. The number of thiophene rings is 2. The Morgan fingerprint density at radius 3 is 2.54 bits per heavy atom. The smallest absolute Gasteiger partial charge is 0.330 e. The van der Waals surface area contributed by atoms with Gasteiger partial charge in [-0.15, -0.1) is 0 Å². The van der Waals surface area contributed by atoms with Crippen molar-refractivity contribution in [2.45, 2.75) is 11.3 Å². The molecule has 1 aliphatic heterocycles. The zero-order valence-corrected chi connectivity index (χ0v) is 17.1. The molecule has 3 aromatic heterocycles. The third kappa shape index (κ3) is 2.16. The Labute approximate surface area is 173 Å². The second-order valence-electron chi connectivity index (χ2n) is 6.76. The summed E-state index contributed by atoms with van der Waals surface area (Å²) in [4.78, 5) is 26.3. The first-order valence-corrected chi connectivity index (χ1v) is 10.9. The van der Waals surface area contributed by atoms with Gasteiger partial charge in [0.2, 0.25) is 0 Å². The molecule has 4 nitrogen and oxygen atoms in total. The normalized spacial score (nSPS) is 22.1. The molecule has 1 aliphatic rings. The van der Waals surface area contributed by atoms with Crippen molar-refractivity contribution >= 4 is 57.1 Å². The van der Waals surface area contributed by atoms with Crippen LogP contribution in [0.3, 0.4) is 0 Å². The molecule has 0 spiro atoms. The van der Waals surface area contributed by atoms with Crippen LogP contribution in [0.4, 0.5) is 0 Å². The number of esters is 2. The Hall–Kier alpha value is -2.41. The maximum Gasteiger partial charge on any atom is 0.330 e. The molecule has 4 aromatic rings. The number of carbonyl (C=O) groups is 2. The number of cyclic esters (lactones) is 2. The quantitative estimate of drug-likeness (QED) is 0.337. The van der Waals surface area contributed by atoms with Crippen LogP contribution in [0.2, 0.25) is 5.15 Å². The molecule has 7 heteroatoms. The number of ether oxygens (including phenoxy) is 1. The number of halogens is 1. The van der Waals surface area contributed by atoms with E-state index >= 15 is 0 Å². The first kappa shape index (κ1) is 17.7. The summed E-state index contributed by atoms with van der Waals surface area (Å²) in [5, 5.41) is 8.86. The van der Waals surface area contributed by atoms with Crippen LogP contribution in [-0.4, -0.2) is 16.5 Å². The minimum Gasteiger partial charge on any atom is -0.392 e. The standard InChI is InChI=1S/C21H14ClNO3S2/c1-23-15-5-3-2-4-14(15)17(18(23)22)21(13-7-9-28-11-13)16(12-6-8-27-10-12)19(24)26-20(21)25/h2-11,16H,1H3.